The molecule has 1 aliphatic rings. The van der Waals surface area contributed by atoms with Crippen LogP contribution < -0.4 is 5.32 Å². The van der Waals surface area contributed by atoms with Crippen LogP contribution in [0.1, 0.15) is 20.1 Å². The fourth-order valence-electron chi connectivity index (χ4n) is 2.63. The van der Waals surface area contributed by atoms with Gasteiger partial charge in [0.15, 0.2) is 23.2 Å². The average molecular weight is 335 g/mol. The number of allylic oxidation sites excluding steroid dienone is 1. The molecule has 1 aliphatic heterocycles. The highest BCUT2D eigenvalue weighted by atomic mass is 16.6. The molecule has 0 saturated carbocycles. The molecule has 4 atom stereocenters. The Balaban J connectivity index is 1.90. The van der Waals surface area contributed by atoms with Gasteiger partial charge in [-0.2, -0.15) is 0 Å². The molecule has 0 radical (unpaired) electrons. The van der Waals surface area contributed by atoms with Gasteiger partial charge < -0.3 is 25.4 Å². The van der Waals surface area contributed by atoms with Crippen LogP contribution >= 0.6 is 0 Å². The van der Waals surface area contributed by atoms with E-state index in [9.17, 15) is 15.3 Å². The summed E-state index contributed by atoms with van der Waals surface area (Å²) in [5.74, 6) is 0.572. The van der Waals surface area contributed by atoms with Crippen molar-refractivity contribution in [2.75, 3.05) is 18.5 Å². The van der Waals surface area contributed by atoms with Crippen LogP contribution in [0.15, 0.2) is 24.3 Å². The summed E-state index contributed by atoms with van der Waals surface area (Å²) in [4.78, 5) is 12.7. The summed E-state index contributed by atoms with van der Waals surface area (Å²) in [6.07, 6.45) is 0.823. The van der Waals surface area contributed by atoms with Crippen molar-refractivity contribution in [1.82, 2.24) is 19.5 Å². The lowest BCUT2D eigenvalue weighted by Gasteiger charge is -2.16. The van der Waals surface area contributed by atoms with Crippen LogP contribution in [-0.2, 0) is 4.74 Å². The molecule has 9 nitrogen and oxygen atoms in total. The maximum Gasteiger partial charge on any atom is 0.167 e. The van der Waals surface area contributed by atoms with E-state index in [1.165, 1.54) is 22.8 Å². The normalized spacial score (nSPS) is 26.7. The van der Waals surface area contributed by atoms with Crippen LogP contribution in [0, 0.1) is 0 Å². The zero-order chi connectivity index (χ0) is 17.3. The van der Waals surface area contributed by atoms with Gasteiger partial charge in [0.05, 0.1) is 12.9 Å². The highest BCUT2D eigenvalue weighted by Gasteiger charge is 2.43. The van der Waals surface area contributed by atoms with Crippen molar-refractivity contribution < 1.29 is 20.1 Å². The molecule has 1 fully saturated rings. The molecular formula is C15H21N5O4. The second kappa shape index (κ2) is 6.81. The predicted molar refractivity (Wildman–Crippen MR) is 86.3 cm³/mol. The average Bonchev–Trinajstić information content (AvgIpc) is 3.10. The molecule has 0 unspecified atom stereocenters. The zero-order valence-corrected chi connectivity index (χ0v) is 13.5. The summed E-state index contributed by atoms with van der Waals surface area (Å²) >= 11 is 0. The van der Waals surface area contributed by atoms with E-state index >= 15 is 0 Å². The second-order valence-electron chi connectivity index (χ2n) is 5.94. The van der Waals surface area contributed by atoms with E-state index in [2.05, 4.69) is 20.3 Å². The number of aromatic nitrogens is 4. The Morgan fingerprint density at radius 1 is 1.29 bits per heavy atom. The lowest BCUT2D eigenvalue weighted by molar-refractivity contribution is -0.0511. The molecule has 1 saturated heterocycles. The smallest absolute Gasteiger partial charge is 0.167 e. The van der Waals surface area contributed by atoms with E-state index in [1.807, 2.05) is 19.9 Å². The van der Waals surface area contributed by atoms with Crippen molar-refractivity contribution in [3.63, 3.8) is 0 Å². The third-order valence-electron chi connectivity index (χ3n) is 3.93. The summed E-state index contributed by atoms with van der Waals surface area (Å²) in [7, 11) is 0. The summed E-state index contributed by atoms with van der Waals surface area (Å²) in [6, 6.07) is 0. The SMILES string of the molecule is CC(C)=CCNc1ncnc2c1ncn2[C@H]1O[C@@H](CO)[C@@H](O)[C@@H]1O. The number of rotatable bonds is 5. The number of nitrogens with one attached hydrogen (secondary N) is 1. The molecule has 9 heteroatoms. The van der Waals surface area contributed by atoms with Gasteiger partial charge in [-0.25, -0.2) is 15.0 Å². The largest absolute Gasteiger partial charge is 0.394 e. The van der Waals surface area contributed by atoms with Crippen molar-refractivity contribution in [2.24, 2.45) is 0 Å². The van der Waals surface area contributed by atoms with Gasteiger partial charge in [-0.05, 0) is 13.8 Å². The number of anilines is 1. The third-order valence-corrected chi connectivity index (χ3v) is 3.93. The summed E-state index contributed by atoms with van der Waals surface area (Å²) in [5, 5.41) is 32.4. The van der Waals surface area contributed by atoms with Crippen LogP contribution in [0.2, 0.25) is 0 Å². The highest BCUT2D eigenvalue weighted by Crippen LogP contribution is 2.31. The zero-order valence-electron chi connectivity index (χ0n) is 13.5. The van der Waals surface area contributed by atoms with Crippen LogP contribution in [-0.4, -0.2) is 66.3 Å². The van der Waals surface area contributed by atoms with Crippen molar-refractivity contribution in [1.29, 1.82) is 0 Å². The van der Waals surface area contributed by atoms with E-state index in [-0.39, 0.29) is 6.61 Å². The molecule has 2 aromatic rings. The lowest BCUT2D eigenvalue weighted by Crippen LogP contribution is -2.33. The van der Waals surface area contributed by atoms with Gasteiger partial charge in [-0.15, -0.1) is 0 Å². The molecule has 0 bridgehead atoms. The van der Waals surface area contributed by atoms with Crippen LogP contribution in [0.5, 0.6) is 0 Å². The summed E-state index contributed by atoms with van der Waals surface area (Å²) in [6.45, 7) is 4.24. The lowest BCUT2D eigenvalue weighted by atomic mass is 10.1. The fraction of sp³-hybridized carbons (Fsp3) is 0.533. The monoisotopic (exact) mass is 335 g/mol. The predicted octanol–water partition coefficient (Wildman–Crippen LogP) is -0.184. The Hall–Kier alpha value is -2.07. The summed E-state index contributed by atoms with van der Waals surface area (Å²) in [5.41, 5.74) is 2.20. The van der Waals surface area contributed by atoms with E-state index in [1.54, 1.807) is 0 Å². The standard InChI is InChI=1S/C15H21N5O4/c1-8(2)3-4-16-13-10-14(18-6-17-13)20(7-19-10)15-12(23)11(22)9(5-21)24-15/h3,6-7,9,11-12,15,21-23H,4-5H2,1-2H3,(H,16,17,18)/t9-,11+,12-,15-/m0/s1. The molecule has 0 amide bonds. The number of hydrogen-bond donors (Lipinski definition) is 4. The Morgan fingerprint density at radius 3 is 2.75 bits per heavy atom. The van der Waals surface area contributed by atoms with Gasteiger partial charge >= 0.3 is 0 Å². The molecule has 0 aromatic carbocycles. The minimum Gasteiger partial charge on any atom is -0.394 e. The quantitative estimate of drug-likeness (QED) is 0.554. The van der Waals surface area contributed by atoms with Gasteiger partial charge in [-0.3, -0.25) is 4.57 Å². The van der Waals surface area contributed by atoms with Gasteiger partial charge in [-0.1, -0.05) is 11.6 Å². The second-order valence-corrected chi connectivity index (χ2v) is 5.94. The minimum absolute atomic E-state index is 0.383. The third kappa shape index (κ3) is 2.98. The van der Waals surface area contributed by atoms with E-state index in [0.29, 0.717) is 23.5 Å². The Bertz CT molecular complexity index is 743. The number of ether oxygens (including phenoxy) is 1. The van der Waals surface area contributed by atoms with Crippen LogP contribution in [0.25, 0.3) is 11.2 Å². The van der Waals surface area contributed by atoms with Crippen LogP contribution in [0.3, 0.4) is 0 Å². The first-order chi connectivity index (χ1) is 11.5. The van der Waals surface area contributed by atoms with E-state index in [4.69, 9.17) is 4.74 Å². The van der Waals surface area contributed by atoms with Crippen molar-refractivity contribution in [3.05, 3.63) is 24.3 Å². The molecule has 3 rings (SSSR count). The van der Waals surface area contributed by atoms with Gasteiger partial charge in [0, 0.05) is 6.54 Å². The van der Waals surface area contributed by atoms with Crippen molar-refractivity contribution >= 4 is 17.0 Å². The summed E-state index contributed by atoms with van der Waals surface area (Å²) < 4.78 is 7.06. The Labute approximate surface area is 138 Å². The number of aliphatic hydroxyl groups is 3. The van der Waals surface area contributed by atoms with Crippen LogP contribution in [0.4, 0.5) is 5.82 Å². The first-order valence-electron chi connectivity index (χ1n) is 7.70. The van der Waals surface area contributed by atoms with Gasteiger partial charge in [0.25, 0.3) is 0 Å². The minimum atomic E-state index is -1.18. The molecule has 130 valence electrons. The first kappa shape index (κ1) is 16.8. The maximum absolute atomic E-state index is 10.2. The van der Waals surface area contributed by atoms with Gasteiger partial charge in [0.2, 0.25) is 0 Å². The molecule has 24 heavy (non-hydrogen) atoms. The first-order valence-corrected chi connectivity index (χ1v) is 7.70. The molecule has 0 aliphatic carbocycles. The fourth-order valence-corrected chi connectivity index (χ4v) is 2.63. The number of fused-ring (bicyclic) bond motifs is 1. The van der Waals surface area contributed by atoms with E-state index in [0.717, 1.165) is 0 Å². The number of nitrogens with zero attached hydrogens (tertiary/aromatic N) is 4. The van der Waals surface area contributed by atoms with Crippen molar-refractivity contribution in [2.45, 2.75) is 38.4 Å². The highest BCUT2D eigenvalue weighted by molar-refractivity contribution is 5.82. The molecule has 3 heterocycles. The molecule has 4 N–H and O–H groups in total. The molecular weight excluding hydrogens is 314 g/mol. The number of hydrogen-bond acceptors (Lipinski definition) is 8. The maximum atomic E-state index is 10.2. The van der Waals surface area contributed by atoms with E-state index < -0.39 is 24.5 Å². The Morgan fingerprint density at radius 2 is 2.08 bits per heavy atom. The Kier molecular flexibility index (Phi) is 4.76. The topological polar surface area (TPSA) is 126 Å². The molecule has 0 spiro atoms. The van der Waals surface area contributed by atoms with Gasteiger partial charge in [0.1, 0.15) is 24.6 Å². The number of aliphatic hydroxyl groups excluding tert-OH is 3. The molecule has 2 aromatic heterocycles. The number of imidazole rings is 1. The van der Waals surface area contributed by atoms with Crippen molar-refractivity contribution in [3.8, 4) is 0 Å².